The van der Waals surface area contributed by atoms with E-state index in [4.69, 9.17) is 9.15 Å². The van der Waals surface area contributed by atoms with E-state index < -0.39 is 11.8 Å². The molecule has 0 atom stereocenters. The van der Waals surface area contributed by atoms with Crippen LogP contribution < -0.4 is 10.6 Å². The van der Waals surface area contributed by atoms with Crippen LogP contribution in [0.5, 0.6) is 0 Å². The normalized spacial score (nSPS) is 10.7. The number of amides is 3. The van der Waals surface area contributed by atoms with Crippen molar-refractivity contribution < 1.29 is 23.5 Å². The molecule has 0 bridgehead atoms. The second-order valence-corrected chi connectivity index (χ2v) is 7.15. The predicted molar refractivity (Wildman–Crippen MR) is 104 cm³/mol. The number of thiazole rings is 1. The lowest BCUT2D eigenvalue weighted by Gasteiger charge is -2.20. The van der Waals surface area contributed by atoms with E-state index in [-0.39, 0.29) is 43.8 Å². The molecule has 2 rings (SSSR count). The maximum Gasteiger partial charge on any atom is 0.290 e. The fraction of sp³-hybridized carbons (Fsp3) is 0.444. The van der Waals surface area contributed by atoms with E-state index in [1.165, 1.54) is 35.7 Å². The maximum atomic E-state index is 12.5. The average Bonchev–Trinajstić information content (AvgIpc) is 3.29. The molecule has 0 unspecified atom stereocenters. The van der Waals surface area contributed by atoms with Crippen molar-refractivity contribution in [2.24, 2.45) is 0 Å². The van der Waals surface area contributed by atoms with Crippen molar-refractivity contribution in [1.82, 2.24) is 15.2 Å². The van der Waals surface area contributed by atoms with Crippen LogP contribution in [0.15, 0.2) is 28.2 Å². The molecule has 0 aromatic carbocycles. The zero-order valence-corrected chi connectivity index (χ0v) is 16.9. The maximum absolute atomic E-state index is 12.5. The molecule has 2 N–H and O–H groups in total. The summed E-state index contributed by atoms with van der Waals surface area (Å²) in [5.74, 6) is -0.782. The van der Waals surface area contributed by atoms with Crippen LogP contribution in [0.3, 0.4) is 0 Å². The summed E-state index contributed by atoms with van der Waals surface area (Å²) < 4.78 is 10.1. The molecule has 28 heavy (non-hydrogen) atoms. The second-order valence-electron chi connectivity index (χ2n) is 6.29. The van der Waals surface area contributed by atoms with E-state index in [1.54, 1.807) is 11.4 Å². The lowest BCUT2D eigenvalue weighted by Crippen LogP contribution is -2.39. The van der Waals surface area contributed by atoms with Crippen molar-refractivity contribution in [3.05, 3.63) is 35.2 Å². The minimum absolute atomic E-state index is 0.0510. The fourth-order valence-corrected chi connectivity index (χ4v) is 3.05. The van der Waals surface area contributed by atoms with Gasteiger partial charge in [0.15, 0.2) is 10.9 Å². The predicted octanol–water partition coefficient (Wildman–Crippen LogP) is 1.53. The van der Waals surface area contributed by atoms with E-state index in [9.17, 15) is 14.4 Å². The van der Waals surface area contributed by atoms with Crippen molar-refractivity contribution in [2.45, 2.75) is 26.3 Å². The molecule has 0 spiro atoms. The molecule has 9 nitrogen and oxygen atoms in total. The number of furan rings is 1. The molecule has 0 saturated heterocycles. The first-order valence-corrected chi connectivity index (χ1v) is 9.62. The molecular formula is C18H24N4O5S. The molecule has 3 amide bonds. The Balaban J connectivity index is 1.93. The fourth-order valence-electron chi connectivity index (χ4n) is 2.33. The number of anilines is 1. The summed E-state index contributed by atoms with van der Waals surface area (Å²) in [6, 6.07) is 3.19. The summed E-state index contributed by atoms with van der Waals surface area (Å²) >= 11 is 1.22. The first kappa shape index (κ1) is 21.6. The minimum Gasteiger partial charge on any atom is -0.459 e. The van der Waals surface area contributed by atoms with E-state index >= 15 is 0 Å². The number of hydrogen-bond acceptors (Lipinski definition) is 7. The number of rotatable bonds is 10. The molecule has 0 fully saturated rings. The molecule has 0 saturated carbocycles. The number of ether oxygens (including phenoxy) is 1. The third kappa shape index (κ3) is 6.78. The van der Waals surface area contributed by atoms with Gasteiger partial charge in [0.2, 0.25) is 11.8 Å². The zero-order valence-electron chi connectivity index (χ0n) is 16.1. The van der Waals surface area contributed by atoms with Crippen molar-refractivity contribution in [3.63, 3.8) is 0 Å². The summed E-state index contributed by atoms with van der Waals surface area (Å²) in [7, 11) is 1.52. The summed E-state index contributed by atoms with van der Waals surface area (Å²) in [5, 5.41) is 7.53. The highest BCUT2D eigenvalue weighted by molar-refractivity contribution is 7.13. The molecule has 152 valence electrons. The second kappa shape index (κ2) is 10.6. The number of carbonyl (C=O) groups excluding carboxylic acids is 3. The minimum atomic E-state index is -0.401. The van der Waals surface area contributed by atoms with Gasteiger partial charge in [0.1, 0.15) is 6.54 Å². The number of methoxy groups -OCH3 is 1. The largest absolute Gasteiger partial charge is 0.459 e. The smallest absolute Gasteiger partial charge is 0.290 e. The van der Waals surface area contributed by atoms with Crippen LogP contribution in [0.1, 0.15) is 30.1 Å². The van der Waals surface area contributed by atoms with Gasteiger partial charge in [-0.15, -0.1) is 11.3 Å². The first-order valence-electron chi connectivity index (χ1n) is 8.74. The van der Waals surface area contributed by atoms with Gasteiger partial charge in [-0.1, -0.05) is 0 Å². The SMILES string of the molecule is COCCN(CC(=O)Nc1nc(CC(=O)NC(C)C)cs1)C(=O)c1ccco1. The number of nitrogens with one attached hydrogen (secondary N) is 2. The van der Waals surface area contributed by atoms with E-state index in [0.29, 0.717) is 10.8 Å². The Labute approximate surface area is 167 Å². The topological polar surface area (TPSA) is 114 Å². The van der Waals surface area contributed by atoms with Crippen LogP contribution in [0.4, 0.5) is 5.13 Å². The van der Waals surface area contributed by atoms with Gasteiger partial charge in [-0.25, -0.2) is 4.98 Å². The van der Waals surface area contributed by atoms with Crippen molar-refractivity contribution in [1.29, 1.82) is 0 Å². The molecular weight excluding hydrogens is 384 g/mol. The van der Waals surface area contributed by atoms with Crippen molar-refractivity contribution >= 4 is 34.2 Å². The van der Waals surface area contributed by atoms with Crippen molar-refractivity contribution in [3.8, 4) is 0 Å². The molecule has 0 aliphatic carbocycles. The summed E-state index contributed by atoms with van der Waals surface area (Å²) in [5.41, 5.74) is 0.571. The Morgan fingerprint density at radius 1 is 1.32 bits per heavy atom. The molecule has 10 heteroatoms. The third-order valence-corrected chi connectivity index (χ3v) is 4.31. The highest BCUT2D eigenvalue weighted by Crippen LogP contribution is 2.16. The van der Waals surface area contributed by atoms with Crippen LogP contribution in [0.2, 0.25) is 0 Å². The Bertz CT molecular complexity index is 788. The standard InChI is InChI=1S/C18H24N4O5S/c1-12(2)19-15(23)9-13-11-28-18(20-13)21-16(24)10-22(6-8-26-3)17(25)14-5-4-7-27-14/h4-5,7,11-12H,6,8-10H2,1-3H3,(H,19,23)(H,20,21,24). The summed E-state index contributed by atoms with van der Waals surface area (Å²) in [4.78, 5) is 42.2. The Morgan fingerprint density at radius 3 is 2.75 bits per heavy atom. The van der Waals surface area contributed by atoms with Gasteiger partial charge in [0.05, 0.1) is 25.0 Å². The van der Waals surface area contributed by atoms with Crippen LogP contribution in [-0.2, 0) is 20.7 Å². The van der Waals surface area contributed by atoms with Gasteiger partial charge in [-0.3, -0.25) is 14.4 Å². The number of aromatic nitrogens is 1. The molecule has 2 aromatic heterocycles. The van der Waals surface area contributed by atoms with Gasteiger partial charge < -0.3 is 24.7 Å². The quantitative estimate of drug-likeness (QED) is 0.616. The monoisotopic (exact) mass is 408 g/mol. The van der Waals surface area contributed by atoms with E-state index in [1.807, 2.05) is 13.8 Å². The number of carbonyl (C=O) groups is 3. The molecule has 0 radical (unpaired) electrons. The number of nitrogens with zero attached hydrogens (tertiary/aromatic N) is 2. The summed E-state index contributed by atoms with van der Waals surface area (Å²) in [6.07, 6.45) is 1.54. The highest BCUT2D eigenvalue weighted by atomic mass is 32.1. The zero-order chi connectivity index (χ0) is 20.5. The molecule has 2 heterocycles. The average molecular weight is 408 g/mol. The molecule has 0 aliphatic rings. The van der Waals surface area contributed by atoms with Crippen LogP contribution in [0, 0.1) is 0 Å². The van der Waals surface area contributed by atoms with Crippen LogP contribution >= 0.6 is 11.3 Å². The highest BCUT2D eigenvalue weighted by Gasteiger charge is 2.21. The van der Waals surface area contributed by atoms with Gasteiger partial charge in [-0.2, -0.15) is 0 Å². The van der Waals surface area contributed by atoms with Gasteiger partial charge in [-0.05, 0) is 26.0 Å². The summed E-state index contributed by atoms with van der Waals surface area (Å²) in [6.45, 7) is 4.10. The Morgan fingerprint density at radius 2 is 2.11 bits per heavy atom. The van der Waals surface area contributed by atoms with E-state index in [2.05, 4.69) is 15.6 Å². The van der Waals surface area contributed by atoms with Crippen LogP contribution in [0.25, 0.3) is 0 Å². The Kier molecular flexibility index (Phi) is 8.15. The van der Waals surface area contributed by atoms with E-state index in [0.717, 1.165) is 0 Å². The van der Waals surface area contributed by atoms with Gasteiger partial charge in [0.25, 0.3) is 5.91 Å². The van der Waals surface area contributed by atoms with Gasteiger partial charge in [0, 0.05) is 25.1 Å². The van der Waals surface area contributed by atoms with Gasteiger partial charge >= 0.3 is 0 Å². The Hall–Kier alpha value is -2.72. The molecule has 2 aromatic rings. The molecule has 0 aliphatic heterocycles. The number of hydrogen-bond donors (Lipinski definition) is 2. The van der Waals surface area contributed by atoms with Crippen LogP contribution in [-0.4, -0.2) is 60.5 Å². The van der Waals surface area contributed by atoms with Crippen molar-refractivity contribution in [2.75, 3.05) is 32.1 Å². The lowest BCUT2D eigenvalue weighted by atomic mass is 10.3. The first-order chi connectivity index (χ1) is 13.4. The third-order valence-electron chi connectivity index (χ3n) is 3.51. The lowest BCUT2D eigenvalue weighted by molar-refractivity contribution is -0.121.